The Morgan fingerprint density at radius 2 is 2.00 bits per heavy atom. The molecule has 2 atom stereocenters. The van der Waals surface area contributed by atoms with Crippen molar-refractivity contribution in [3.05, 3.63) is 0 Å². The van der Waals surface area contributed by atoms with Crippen molar-refractivity contribution in [3.8, 4) is 0 Å². The lowest BCUT2D eigenvalue weighted by atomic mass is 10.2. The van der Waals surface area contributed by atoms with Crippen LogP contribution < -0.4 is 5.32 Å². The lowest BCUT2D eigenvalue weighted by Gasteiger charge is -2.19. The average Bonchev–Trinajstić information content (AvgIpc) is 2.05. The van der Waals surface area contributed by atoms with Crippen molar-refractivity contribution in [3.63, 3.8) is 0 Å². The number of esters is 1. The van der Waals surface area contributed by atoms with Crippen molar-refractivity contribution in [2.24, 2.45) is 0 Å². The minimum Gasteiger partial charge on any atom is -0.468 e. The third-order valence-electron chi connectivity index (χ3n) is 1.61. The summed E-state index contributed by atoms with van der Waals surface area (Å²) in [5.74, 6) is -0.304. The molecule has 0 unspecified atom stereocenters. The third-order valence-corrected chi connectivity index (χ3v) is 1.61. The van der Waals surface area contributed by atoms with Gasteiger partial charge in [-0.2, -0.15) is 0 Å². The minimum absolute atomic E-state index is 0.174. The van der Waals surface area contributed by atoms with Crippen LogP contribution in [-0.4, -0.2) is 39.4 Å². The van der Waals surface area contributed by atoms with E-state index in [-0.39, 0.29) is 18.1 Å². The fourth-order valence-electron chi connectivity index (χ4n) is 0.807. The molecule has 4 heteroatoms. The largest absolute Gasteiger partial charge is 0.468 e. The first-order valence-electron chi connectivity index (χ1n) is 3.45. The third kappa shape index (κ3) is 2.86. The molecular weight excluding hydrogens is 146 g/mol. The first-order chi connectivity index (χ1) is 5.17. The van der Waals surface area contributed by atoms with Crippen molar-refractivity contribution < 1.29 is 14.3 Å². The number of rotatable bonds is 4. The van der Waals surface area contributed by atoms with E-state index in [4.69, 9.17) is 4.74 Å². The van der Waals surface area contributed by atoms with Crippen molar-refractivity contribution in [2.45, 2.75) is 19.1 Å². The molecule has 0 rings (SSSR count). The zero-order valence-corrected chi connectivity index (χ0v) is 7.38. The Morgan fingerprint density at radius 1 is 1.45 bits per heavy atom. The number of nitrogens with one attached hydrogen (secondary N) is 1. The number of hydrogen-bond donors (Lipinski definition) is 1. The Kier molecular flexibility index (Phi) is 4.81. The molecule has 11 heavy (non-hydrogen) atoms. The standard InChI is InChI=1S/C7H15NO3/c1-5(10-3)6(8-2)7(9)11-4/h5-6,8H,1-4H3/t5-,6+/m1/s1. The molecule has 0 fully saturated rings. The summed E-state index contributed by atoms with van der Waals surface area (Å²) in [6.45, 7) is 1.80. The Labute approximate surface area is 66.9 Å². The second kappa shape index (κ2) is 5.09. The Morgan fingerprint density at radius 3 is 2.27 bits per heavy atom. The summed E-state index contributed by atoms with van der Waals surface area (Å²) < 4.78 is 9.51. The summed E-state index contributed by atoms with van der Waals surface area (Å²) in [6, 6.07) is -0.384. The maximum absolute atomic E-state index is 11.0. The molecule has 0 aromatic heterocycles. The summed E-state index contributed by atoms with van der Waals surface area (Å²) in [5, 5.41) is 2.80. The van der Waals surface area contributed by atoms with Gasteiger partial charge in [-0.1, -0.05) is 0 Å². The van der Waals surface area contributed by atoms with Gasteiger partial charge in [0.05, 0.1) is 13.2 Å². The molecule has 0 aromatic rings. The van der Waals surface area contributed by atoms with Crippen LogP contribution in [0.15, 0.2) is 0 Å². The predicted molar refractivity (Wildman–Crippen MR) is 41.3 cm³/mol. The monoisotopic (exact) mass is 161 g/mol. The van der Waals surface area contributed by atoms with Gasteiger partial charge < -0.3 is 14.8 Å². The van der Waals surface area contributed by atoms with Crippen LogP contribution >= 0.6 is 0 Å². The quantitative estimate of drug-likeness (QED) is 0.579. The molecular formula is C7H15NO3. The van der Waals surface area contributed by atoms with E-state index < -0.39 is 0 Å². The SMILES string of the molecule is CN[C@H](C(=O)OC)[C@@H](C)OC. The van der Waals surface area contributed by atoms with E-state index in [0.29, 0.717) is 0 Å². The number of carbonyl (C=O) groups is 1. The number of ether oxygens (including phenoxy) is 2. The number of carbonyl (C=O) groups excluding carboxylic acids is 1. The molecule has 4 nitrogen and oxygen atoms in total. The van der Waals surface area contributed by atoms with Gasteiger partial charge in [0.2, 0.25) is 0 Å². The van der Waals surface area contributed by atoms with Crippen LogP contribution in [-0.2, 0) is 14.3 Å². The van der Waals surface area contributed by atoms with Gasteiger partial charge in [0.15, 0.2) is 0 Å². The summed E-state index contributed by atoms with van der Waals surface area (Å²) in [5.41, 5.74) is 0. The molecule has 0 aliphatic heterocycles. The van der Waals surface area contributed by atoms with Gasteiger partial charge in [-0.3, -0.25) is 4.79 Å². The predicted octanol–water partition coefficient (Wildman–Crippen LogP) is -0.218. The van der Waals surface area contributed by atoms with Crippen molar-refractivity contribution >= 4 is 5.97 Å². The molecule has 0 spiro atoms. The van der Waals surface area contributed by atoms with E-state index >= 15 is 0 Å². The molecule has 0 radical (unpaired) electrons. The van der Waals surface area contributed by atoms with E-state index in [1.54, 1.807) is 21.1 Å². The Bertz CT molecular complexity index is 127. The van der Waals surface area contributed by atoms with Crippen LogP contribution in [0.2, 0.25) is 0 Å². The Balaban J connectivity index is 4.03. The summed E-state index contributed by atoms with van der Waals surface area (Å²) in [6.07, 6.45) is -0.174. The number of hydrogen-bond acceptors (Lipinski definition) is 4. The van der Waals surface area contributed by atoms with Crippen molar-refractivity contribution in [2.75, 3.05) is 21.3 Å². The van der Waals surface area contributed by atoms with E-state index in [0.717, 1.165) is 0 Å². The Hall–Kier alpha value is -0.610. The van der Waals surface area contributed by atoms with Gasteiger partial charge >= 0.3 is 5.97 Å². The van der Waals surface area contributed by atoms with Gasteiger partial charge in [-0.15, -0.1) is 0 Å². The molecule has 0 heterocycles. The van der Waals surface area contributed by atoms with Crippen molar-refractivity contribution in [1.82, 2.24) is 5.32 Å². The maximum atomic E-state index is 11.0. The van der Waals surface area contributed by atoms with E-state index in [9.17, 15) is 4.79 Å². The normalized spacial score (nSPS) is 15.6. The van der Waals surface area contributed by atoms with Crippen LogP contribution in [0.5, 0.6) is 0 Å². The van der Waals surface area contributed by atoms with Crippen LogP contribution in [0.3, 0.4) is 0 Å². The van der Waals surface area contributed by atoms with Crippen LogP contribution in [0.1, 0.15) is 6.92 Å². The van der Waals surface area contributed by atoms with Crippen molar-refractivity contribution in [1.29, 1.82) is 0 Å². The summed E-state index contributed by atoms with van der Waals surface area (Å²) in [4.78, 5) is 11.0. The van der Waals surface area contributed by atoms with E-state index in [2.05, 4.69) is 10.1 Å². The molecule has 0 aliphatic rings. The molecule has 0 bridgehead atoms. The first-order valence-corrected chi connectivity index (χ1v) is 3.45. The van der Waals surface area contributed by atoms with Gasteiger partial charge in [-0.05, 0) is 14.0 Å². The molecule has 0 saturated heterocycles. The van der Waals surface area contributed by atoms with Gasteiger partial charge in [0.1, 0.15) is 6.04 Å². The molecule has 66 valence electrons. The fraction of sp³-hybridized carbons (Fsp3) is 0.857. The van der Waals surface area contributed by atoms with E-state index in [1.807, 2.05) is 0 Å². The summed E-state index contributed by atoms with van der Waals surface area (Å²) >= 11 is 0. The maximum Gasteiger partial charge on any atom is 0.325 e. The van der Waals surface area contributed by atoms with E-state index in [1.165, 1.54) is 7.11 Å². The lowest BCUT2D eigenvalue weighted by molar-refractivity contribution is -0.146. The highest BCUT2D eigenvalue weighted by Crippen LogP contribution is 1.98. The molecule has 1 N–H and O–H groups in total. The van der Waals surface area contributed by atoms with Crippen LogP contribution in [0.4, 0.5) is 0 Å². The van der Waals surface area contributed by atoms with Gasteiger partial charge in [0, 0.05) is 7.11 Å². The highest BCUT2D eigenvalue weighted by atomic mass is 16.5. The minimum atomic E-state index is -0.384. The average molecular weight is 161 g/mol. The second-order valence-electron chi connectivity index (χ2n) is 2.23. The molecule has 0 aliphatic carbocycles. The highest BCUT2D eigenvalue weighted by molar-refractivity contribution is 5.76. The smallest absolute Gasteiger partial charge is 0.325 e. The lowest BCUT2D eigenvalue weighted by Crippen LogP contribution is -2.44. The highest BCUT2D eigenvalue weighted by Gasteiger charge is 2.23. The molecule has 0 saturated carbocycles. The van der Waals surface area contributed by atoms with Crippen LogP contribution in [0, 0.1) is 0 Å². The number of methoxy groups -OCH3 is 2. The zero-order valence-electron chi connectivity index (χ0n) is 7.38. The topological polar surface area (TPSA) is 47.6 Å². The molecule has 0 amide bonds. The van der Waals surface area contributed by atoms with Crippen LogP contribution in [0.25, 0.3) is 0 Å². The molecule has 0 aromatic carbocycles. The summed E-state index contributed by atoms with van der Waals surface area (Å²) in [7, 11) is 4.60. The first kappa shape index (κ1) is 10.4. The number of likely N-dealkylation sites (N-methyl/N-ethyl adjacent to an activating group) is 1. The second-order valence-corrected chi connectivity index (χ2v) is 2.23. The van der Waals surface area contributed by atoms with Gasteiger partial charge in [0.25, 0.3) is 0 Å². The zero-order chi connectivity index (χ0) is 8.85. The fourth-order valence-corrected chi connectivity index (χ4v) is 0.807. The van der Waals surface area contributed by atoms with Gasteiger partial charge in [-0.25, -0.2) is 0 Å².